The van der Waals surface area contributed by atoms with Gasteiger partial charge in [0.25, 0.3) is 0 Å². The molecule has 0 fully saturated rings. The molecular weight excluding hydrogens is 210 g/mol. The lowest BCUT2D eigenvalue weighted by molar-refractivity contribution is 0.418. The van der Waals surface area contributed by atoms with Crippen molar-refractivity contribution in [1.82, 2.24) is 0 Å². The molecule has 0 spiro atoms. The predicted molar refractivity (Wildman–Crippen MR) is 74.9 cm³/mol. The van der Waals surface area contributed by atoms with Crippen LogP contribution in [0.2, 0.25) is 0 Å². The van der Waals surface area contributed by atoms with Gasteiger partial charge in [-0.1, -0.05) is 32.9 Å². The Bertz CT molecular complexity index is 416. The van der Waals surface area contributed by atoms with Gasteiger partial charge >= 0.3 is 0 Å². The number of rotatable bonds is 3. The first-order valence-corrected chi connectivity index (χ1v) is 5.87. The molecule has 0 heterocycles. The van der Waals surface area contributed by atoms with E-state index in [1.54, 1.807) is 0 Å². The first-order chi connectivity index (χ1) is 7.72. The zero-order valence-electron chi connectivity index (χ0n) is 11.5. The number of nitrogens with one attached hydrogen (secondary N) is 1. The highest BCUT2D eigenvalue weighted by atomic mass is 15.1. The minimum absolute atomic E-state index is 0.129. The highest BCUT2D eigenvalue weighted by Gasteiger charge is 2.18. The molecule has 0 aromatic heterocycles. The van der Waals surface area contributed by atoms with Gasteiger partial charge in [0.05, 0.1) is 5.69 Å². The van der Waals surface area contributed by atoms with Gasteiger partial charge in [-0.3, -0.25) is 5.41 Å². The number of benzene rings is 1. The normalized spacial score (nSPS) is 11.4. The summed E-state index contributed by atoms with van der Waals surface area (Å²) < 4.78 is 0. The molecule has 0 aliphatic carbocycles. The molecule has 0 amide bonds. The van der Waals surface area contributed by atoms with Crippen LogP contribution in [0, 0.1) is 17.7 Å². The molecule has 3 heteroatoms. The fraction of sp³-hybridized carbons (Fsp3) is 0.500. The number of hydrogen-bond acceptors (Lipinski definition) is 2. The lowest BCUT2D eigenvalue weighted by Gasteiger charge is -2.30. The molecule has 0 atom stereocenters. The fourth-order valence-electron chi connectivity index (χ4n) is 2.17. The van der Waals surface area contributed by atoms with Gasteiger partial charge in [0.1, 0.15) is 5.84 Å². The first kappa shape index (κ1) is 13.6. The van der Waals surface area contributed by atoms with Crippen LogP contribution in [0.25, 0.3) is 0 Å². The maximum absolute atomic E-state index is 7.65. The summed E-state index contributed by atoms with van der Waals surface area (Å²) >= 11 is 0. The molecule has 1 aromatic carbocycles. The van der Waals surface area contributed by atoms with E-state index in [2.05, 4.69) is 45.7 Å². The SMILES string of the molecule is Cc1cccc(C(=N)N)c1N(C)CC(C)(C)C. The van der Waals surface area contributed by atoms with Crippen LogP contribution >= 0.6 is 0 Å². The molecule has 0 saturated heterocycles. The van der Waals surface area contributed by atoms with Crippen LogP contribution in [0.5, 0.6) is 0 Å². The third kappa shape index (κ3) is 3.48. The van der Waals surface area contributed by atoms with Gasteiger partial charge in [0.15, 0.2) is 0 Å². The maximum atomic E-state index is 7.65. The summed E-state index contributed by atoms with van der Waals surface area (Å²) in [4.78, 5) is 2.19. The van der Waals surface area contributed by atoms with Gasteiger partial charge < -0.3 is 10.6 Å². The zero-order chi connectivity index (χ0) is 13.2. The van der Waals surface area contributed by atoms with Crippen molar-refractivity contribution >= 4 is 11.5 Å². The summed E-state index contributed by atoms with van der Waals surface area (Å²) in [6.45, 7) is 9.60. The maximum Gasteiger partial charge on any atom is 0.124 e. The lowest BCUT2D eigenvalue weighted by Crippen LogP contribution is -2.31. The molecule has 0 radical (unpaired) electrons. The molecule has 1 aromatic rings. The Morgan fingerprint density at radius 3 is 2.41 bits per heavy atom. The van der Waals surface area contributed by atoms with Crippen LogP contribution in [-0.2, 0) is 0 Å². The van der Waals surface area contributed by atoms with Crippen molar-refractivity contribution < 1.29 is 0 Å². The summed E-state index contributed by atoms with van der Waals surface area (Å²) in [6, 6.07) is 5.91. The number of aryl methyl sites for hydroxylation is 1. The Kier molecular flexibility index (Phi) is 3.81. The molecule has 0 unspecified atom stereocenters. The molecule has 3 N–H and O–H groups in total. The largest absolute Gasteiger partial charge is 0.384 e. The average molecular weight is 233 g/mol. The standard InChI is InChI=1S/C14H23N3/c1-10-7-6-8-11(13(15)16)12(10)17(5)9-14(2,3)4/h6-8H,9H2,1-5H3,(H3,15,16). The van der Waals surface area contributed by atoms with Crippen LogP contribution < -0.4 is 10.6 Å². The number of anilines is 1. The van der Waals surface area contributed by atoms with Gasteiger partial charge in [-0.15, -0.1) is 0 Å². The average Bonchev–Trinajstić information content (AvgIpc) is 2.13. The molecule has 94 valence electrons. The fourth-order valence-corrected chi connectivity index (χ4v) is 2.17. The topological polar surface area (TPSA) is 53.1 Å². The summed E-state index contributed by atoms with van der Waals surface area (Å²) in [6.07, 6.45) is 0. The Balaban J connectivity index is 3.16. The van der Waals surface area contributed by atoms with Crippen molar-refractivity contribution in [1.29, 1.82) is 5.41 Å². The van der Waals surface area contributed by atoms with E-state index >= 15 is 0 Å². The second-order valence-electron chi connectivity index (χ2n) is 5.80. The molecule has 0 saturated carbocycles. The molecule has 0 aliphatic rings. The van der Waals surface area contributed by atoms with E-state index in [-0.39, 0.29) is 11.3 Å². The second-order valence-corrected chi connectivity index (χ2v) is 5.80. The van der Waals surface area contributed by atoms with E-state index in [1.165, 1.54) is 0 Å². The van der Waals surface area contributed by atoms with Crippen LogP contribution in [0.1, 0.15) is 31.9 Å². The van der Waals surface area contributed by atoms with E-state index < -0.39 is 0 Å². The van der Waals surface area contributed by atoms with E-state index in [9.17, 15) is 0 Å². The third-order valence-corrected chi connectivity index (χ3v) is 2.62. The minimum atomic E-state index is 0.129. The van der Waals surface area contributed by atoms with Gasteiger partial charge in [0, 0.05) is 19.2 Å². The van der Waals surface area contributed by atoms with Crippen molar-refractivity contribution in [3.05, 3.63) is 29.3 Å². The van der Waals surface area contributed by atoms with E-state index in [1.807, 2.05) is 12.1 Å². The quantitative estimate of drug-likeness (QED) is 0.623. The van der Waals surface area contributed by atoms with E-state index in [0.717, 1.165) is 23.4 Å². The van der Waals surface area contributed by atoms with Crippen molar-refractivity contribution in [2.75, 3.05) is 18.5 Å². The third-order valence-electron chi connectivity index (χ3n) is 2.62. The number of hydrogen-bond donors (Lipinski definition) is 2. The molecule has 17 heavy (non-hydrogen) atoms. The number of para-hydroxylation sites is 1. The van der Waals surface area contributed by atoms with E-state index in [0.29, 0.717) is 0 Å². The summed E-state index contributed by atoms with van der Waals surface area (Å²) in [5, 5.41) is 7.65. The number of amidine groups is 1. The highest BCUT2D eigenvalue weighted by molar-refractivity contribution is 6.01. The smallest absolute Gasteiger partial charge is 0.124 e. The van der Waals surface area contributed by atoms with Gasteiger partial charge in [-0.2, -0.15) is 0 Å². The summed E-state index contributed by atoms with van der Waals surface area (Å²) in [5.74, 6) is 0.129. The van der Waals surface area contributed by atoms with Crippen LogP contribution in [0.15, 0.2) is 18.2 Å². The molecule has 0 bridgehead atoms. The molecule has 3 nitrogen and oxygen atoms in total. The lowest BCUT2D eigenvalue weighted by atomic mass is 9.95. The summed E-state index contributed by atoms with van der Waals surface area (Å²) in [5.41, 5.74) is 8.89. The highest BCUT2D eigenvalue weighted by Crippen LogP contribution is 2.27. The van der Waals surface area contributed by atoms with Crippen molar-refractivity contribution in [3.63, 3.8) is 0 Å². The van der Waals surface area contributed by atoms with Crippen LogP contribution in [-0.4, -0.2) is 19.4 Å². The minimum Gasteiger partial charge on any atom is -0.384 e. The van der Waals surface area contributed by atoms with Gasteiger partial charge in [0.2, 0.25) is 0 Å². The van der Waals surface area contributed by atoms with Crippen LogP contribution in [0.3, 0.4) is 0 Å². The Morgan fingerprint density at radius 1 is 1.35 bits per heavy atom. The Labute approximate surface area is 104 Å². The molecular formula is C14H23N3. The van der Waals surface area contributed by atoms with Crippen molar-refractivity contribution in [2.45, 2.75) is 27.7 Å². The van der Waals surface area contributed by atoms with Crippen molar-refractivity contribution in [2.24, 2.45) is 11.1 Å². The van der Waals surface area contributed by atoms with Gasteiger partial charge in [-0.05, 0) is 24.0 Å². The Morgan fingerprint density at radius 2 is 1.94 bits per heavy atom. The second kappa shape index (κ2) is 4.78. The predicted octanol–water partition coefficient (Wildman–Crippen LogP) is 2.76. The Hall–Kier alpha value is -1.51. The molecule has 1 rings (SSSR count). The zero-order valence-corrected chi connectivity index (χ0v) is 11.5. The first-order valence-electron chi connectivity index (χ1n) is 5.87. The summed E-state index contributed by atoms with van der Waals surface area (Å²) in [7, 11) is 2.06. The molecule has 0 aliphatic heterocycles. The van der Waals surface area contributed by atoms with Crippen LogP contribution in [0.4, 0.5) is 5.69 Å². The van der Waals surface area contributed by atoms with E-state index in [4.69, 9.17) is 11.1 Å². The monoisotopic (exact) mass is 233 g/mol. The van der Waals surface area contributed by atoms with Gasteiger partial charge in [-0.25, -0.2) is 0 Å². The number of nitrogen functional groups attached to an aromatic ring is 1. The number of nitrogens with two attached hydrogens (primary N) is 1. The van der Waals surface area contributed by atoms with Crippen molar-refractivity contribution in [3.8, 4) is 0 Å². The number of nitrogens with zero attached hydrogens (tertiary/aromatic N) is 1.